The molecule has 2 aliphatic heterocycles. The molecule has 24 heavy (non-hydrogen) atoms. The third-order valence-corrected chi connectivity index (χ3v) is 5.10. The van der Waals surface area contributed by atoms with Crippen LogP contribution in [0.3, 0.4) is 0 Å². The fraction of sp³-hybridized carbons (Fsp3) is 0.368. The standard InChI is InChI=1S/C19H21BrN2O2/c20-17-3-1-2-15(10-17)12-21-6-8-22(9-7-21)13-16-4-5-18-19(11-16)24-14-23-18/h1-5,10-11H,6-9,12-14H2. The van der Waals surface area contributed by atoms with E-state index >= 15 is 0 Å². The summed E-state index contributed by atoms with van der Waals surface area (Å²) in [4.78, 5) is 5.03. The summed E-state index contributed by atoms with van der Waals surface area (Å²) in [6.45, 7) is 6.75. The second-order valence-electron chi connectivity index (χ2n) is 6.37. The van der Waals surface area contributed by atoms with Gasteiger partial charge in [-0.15, -0.1) is 0 Å². The van der Waals surface area contributed by atoms with Gasteiger partial charge in [0.15, 0.2) is 11.5 Å². The van der Waals surface area contributed by atoms with Gasteiger partial charge in [0.1, 0.15) is 0 Å². The van der Waals surface area contributed by atoms with Crippen LogP contribution in [0.5, 0.6) is 11.5 Å². The van der Waals surface area contributed by atoms with Gasteiger partial charge in [0.05, 0.1) is 0 Å². The Balaban J connectivity index is 1.30. The summed E-state index contributed by atoms with van der Waals surface area (Å²) in [5.41, 5.74) is 2.66. The molecule has 0 atom stereocenters. The van der Waals surface area contributed by atoms with Crippen molar-refractivity contribution in [2.24, 2.45) is 0 Å². The number of piperazine rings is 1. The molecular formula is C19H21BrN2O2. The van der Waals surface area contributed by atoms with Crippen LogP contribution in [-0.4, -0.2) is 42.8 Å². The average molecular weight is 389 g/mol. The van der Waals surface area contributed by atoms with Crippen molar-refractivity contribution >= 4 is 15.9 Å². The molecule has 4 nitrogen and oxygen atoms in total. The Bertz CT molecular complexity index is 714. The molecule has 2 aromatic rings. The Morgan fingerprint density at radius 1 is 0.792 bits per heavy atom. The summed E-state index contributed by atoms with van der Waals surface area (Å²) in [6, 6.07) is 14.9. The van der Waals surface area contributed by atoms with Crippen molar-refractivity contribution in [2.45, 2.75) is 13.1 Å². The second kappa shape index (κ2) is 7.13. The maximum absolute atomic E-state index is 5.47. The van der Waals surface area contributed by atoms with Gasteiger partial charge in [-0.1, -0.05) is 34.1 Å². The Labute approximate surface area is 151 Å². The van der Waals surface area contributed by atoms with Crippen molar-refractivity contribution < 1.29 is 9.47 Å². The predicted molar refractivity (Wildman–Crippen MR) is 97.3 cm³/mol. The van der Waals surface area contributed by atoms with Gasteiger partial charge in [0.25, 0.3) is 0 Å². The molecule has 0 amide bonds. The van der Waals surface area contributed by atoms with Crippen LogP contribution in [0.15, 0.2) is 46.9 Å². The summed E-state index contributed by atoms with van der Waals surface area (Å²) in [5.74, 6) is 1.73. The van der Waals surface area contributed by atoms with Crippen LogP contribution in [-0.2, 0) is 13.1 Å². The lowest BCUT2D eigenvalue weighted by atomic mass is 10.1. The first-order valence-electron chi connectivity index (χ1n) is 8.34. The zero-order valence-electron chi connectivity index (χ0n) is 13.6. The smallest absolute Gasteiger partial charge is 0.231 e. The van der Waals surface area contributed by atoms with Gasteiger partial charge in [0, 0.05) is 43.7 Å². The van der Waals surface area contributed by atoms with Crippen molar-refractivity contribution in [2.75, 3.05) is 33.0 Å². The minimum Gasteiger partial charge on any atom is -0.454 e. The molecule has 5 heteroatoms. The molecule has 1 fully saturated rings. The lowest BCUT2D eigenvalue weighted by Gasteiger charge is -2.34. The Morgan fingerprint density at radius 2 is 1.46 bits per heavy atom. The number of halogens is 1. The maximum Gasteiger partial charge on any atom is 0.231 e. The van der Waals surface area contributed by atoms with E-state index in [1.54, 1.807) is 0 Å². The van der Waals surface area contributed by atoms with Crippen molar-refractivity contribution in [1.29, 1.82) is 0 Å². The van der Waals surface area contributed by atoms with Gasteiger partial charge in [-0.25, -0.2) is 0 Å². The van der Waals surface area contributed by atoms with Crippen molar-refractivity contribution in [3.8, 4) is 11.5 Å². The molecule has 126 valence electrons. The second-order valence-corrected chi connectivity index (χ2v) is 7.29. The van der Waals surface area contributed by atoms with Crippen LogP contribution < -0.4 is 9.47 Å². The van der Waals surface area contributed by atoms with E-state index in [0.717, 1.165) is 55.2 Å². The van der Waals surface area contributed by atoms with E-state index in [4.69, 9.17) is 9.47 Å². The highest BCUT2D eigenvalue weighted by molar-refractivity contribution is 9.10. The number of fused-ring (bicyclic) bond motifs is 1. The maximum atomic E-state index is 5.47. The monoisotopic (exact) mass is 388 g/mol. The minimum absolute atomic E-state index is 0.340. The Hall–Kier alpha value is -1.56. The van der Waals surface area contributed by atoms with E-state index in [1.165, 1.54) is 11.1 Å². The molecule has 0 unspecified atom stereocenters. The highest BCUT2D eigenvalue weighted by Crippen LogP contribution is 2.32. The summed E-state index contributed by atoms with van der Waals surface area (Å²) in [5, 5.41) is 0. The molecule has 2 aromatic carbocycles. The van der Waals surface area contributed by atoms with Gasteiger partial charge < -0.3 is 9.47 Å². The van der Waals surface area contributed by atoms with Gasteiger partial charge in [-0.3, -0.25) is 9.80 Å². The van der Waals surface area contributed by atoms with Gasteiger partial charge in [-0.05, 0) is 35.4 Å². The molecule has 0 radical (unpaired) electrons. The lowest BCUT2D eigenvalue weighted by Crippen LogP contribution is -2.45. The third-order valence-electron chi connectivity index (χ3n) is 4.60. The van der Waals surface area contributed by atoms with E-state index in [1.807, 2.05) is 6.07 Å². The summed E-state index contributed by atoms with van der Waals surface area (Å²) >= 11 is 3.55. The fourth-order valence-corrected chi connectivity index (χ4v) is 3.74. The molecular weight excluding hydrogens is 368 g/mol. The fourth-order valence-electron chi connectivity index (χ4n) is 3.30. The molecule has 0 aliphatic carbocycles. The van der Waals surface area contributed by atoms with E-state index in [9.17, 15) is 0 Å². The zero-order chi connectivity index (χ0) is 16.4. The molecule has 2 heterocycles. The zero-order valence-corrected chi connectivity index (χ0v) is 15.2. The van der Waals surface area contributed by atoms with E-state index in [0.29, 0.717) is 6.79 Å². The molecule has 0 bridgehead atoms. The predicted octanol–water partition coefficient (Wildman–Crippen LogP) is 3.50. The number of rotatable bonds is 4. The largest absolute Gasteiger partial charge is 0.454 e. The molecule has 0 aromatic heterocycles. The van der Waals surface area contributed by atoms with Crippen molar-refractivity contribution in [3.63, 3.8) is 0 Å². The molecule has 1 saturated heterocycles. The van der Waals surface area contributed by atoms with E-state index < -0.39 is 0 Å². The third kappa shape index (κ3) is 3.74. The quantitative estimate of drug-likeness (QED) is 0.799. The molecule has 0 spiro atoms. The van der Waals surface area contributed by atoms with Crippen molar-refractivity contribution in [3.05, 3.63) is 58.1 Å². The number of ether oxygens (including phenoxy) is 2. The topological polar surface area (TPSA) is 24.9 Å². The van der Waals surface area contributed by atoms with E-state index in [-0.39, 0.29) is 0 Å². The number of hydrogen-bond acceptors (Lipinski definition) is 4. The molecule has 4 rings (SSSR count). The van der Waals surface area contributed by atoms with Gasteiger partial charge in [-0.2, -0.15) is 0 Å². The summed E-state index contributed by atoms with van der Waals surface area (Å²) < 4.78 is 12.0. The first-order chi connectivity index (χ1) is 11.8. The normalized spacial score (nSPS) is 18.0. The average Bonchev–Trinajstić information content (AvgIpc) is 3.04. The van der Waals surface area contributed by atoms with Gasteiger partial charge >= 0.3 is 0 Å². The lowest BCUT2D eigenvalue weighted by molar-refractivity contribution is 0.122. The summed E-state index contributed by atoms with van der Waals surface area (Å²) in [7, 11) is 0. The first kappa shape index (κ1) is 15.9. The number of nitrogens with zero attached hydrogens (tertiary/aromatic N) is 2. The Kier molecular flexibility index (Phi) is 4.74. The molecule has 0 N–H and O–H groups in total. The highest BCUT2D eigenvalue weighted by atomic mass is 79.9. The van der Waals surface area contributed by atoms with Crippen LogP contribution in [0.25, 0.3) is 0 Å². The van der Waals surface area contributed by atoms with Crippen LogP contribution in [0.1, 0.15) is 11.1 Å². The van der Waals surface area contributed by atoms with Crippen LogP contribution in [0.2, 0.25) is 0 Å². The highest BCUT2D eigenvalue weighted by Gasteiger charge is 2.19. The number of benzene rings is 2. The minimum atomic E-state index is 0.340. The van der Waals surface area contributed by atoms with Gasteiger partial charge in [0.2, 0.25) is 6.79 Å². The summed E-state index contributed by atoms with van der Waals surface area (Å²) in [6.07, 6.45) is 0. The molecule has 0 saturated carbocycles. The SMILES string of the molecule is Brc1cccc(CN2CCN(Cc3ccc4c(c3)OCO4)CC2)c1. The van der Waals surface area contributed by atoms with E-state index in [2.05, 4.69) is 62.1 Å². The first-order valence-corrected chi connectivity index (χ1v) is 9.13. The Morgan fingerprint density at radius 3 is 2.17 bits per heavy atom. The van der Waals surface area contributed by atoms with Crippen LogP contribution in [0.4, 0.5) is 0 Å². The van der Waals surface area contributed by atoms with Crippen molar-refractivity contribution in [1.82, 2.24) is 9.80 Å². The van der Waals surface area contributed by atoms with Crippen LogP contribution >= 0.6 is 15.9 Å². The van der Waals surface area contributed by atoms with Crippen LogP contribution in [0, 0.1) is 0 Å². The number of hydrogen-bond donors (Lipinski definition) is 0. The molecule has 2 aliphatic rings.